The first-order chi connectivity index (χ1) is 8.59. The topological polar surface area (TPSA) is 91.3 Å². The number of amides is 2. The van der Waals surface area contributed by atoms with Crippen LogP contribution in [0.15, 0.2) is 5.51 Å². The minimum atomic E-state index is -0.849. The average Bonchev–Trinajstić information content (AvgIpc) is 2.70. The molecule has 1 aromatic rings. The lowest BCUT2D eigenvalue weighted by molar-refractivity contribution is -0.137. The van der Waals surface area contributed by atoms with Crippen molar-refractivity contribution in [2.75, 3.05) is 13.1 Å². The summed E-state index contributed by atoms with van der Waals surface area (Å²) in [4.78, 5) is 26.9. The van der Waals surface area contributed by atoms with Crippen LogP contribution in [0, 0.1) is 6.92 Å². The Morgan fingerprint density at radius 1 is 1.39 bits per heavy atom. The molecule has 0 unspecified atom stereocenters. The molecule has 0 aliphatic rings. The van der Waals surface area contributed by atoms with Crippen LogP contribution in [0.25, 0.3) is 0 Å². The monoisotopic (exact) mass is 271 g/mol. The van der Waals surface area contributed by atoms with Crippen LogP contribution in [0.5, 0.6) is 0 Å². The Morgan fingerprint density at radius 2 is 2.11 bits per heavy atom. The van der Waals surface area contributed by atoms with E-state index in [-0.39, 0.29) is 12.5 Å². The van der Waals surface area contributed by atoms with Gasteiger partial charge in [0, 0.05) is 30.8 Å². The lowest BCUT2D eigenvalue weighted by Crippen LogP contribution is -2.37. The Kier molecular flexibility index (Phi) is 6.13. The smallest absolute Gasteiger partial charge is 0.314 e. The second kappa shape index (κ2) is 7.65. The van der Waals surface area contributed by atoms with Crippen LogP contribution in [0.1, 0.15) is 23.4 Å². The van der Waals surface area contributed by atoms with Gasteiger partial charge in [-0.15, -0.1) is 11.3 Å². The van der Waals surface area contributed by atoms with Gasteiger partial charge in [0.05, 0.1) is 11.2 Å². The zero-order valence-electron chi connectivity index (χ0n) is 10.2. The predicted molar refractivity (Wildman–Crippen MR) is 68.8 cm³/mol. The Morgan fingerprint density at radius 3 is 2.72 bits per heavy atom. The van der Waals surface area contributed by atoms with Crippen molar-refractivity contribution in [2.45, 2.75) is 26.2 Å². The fourth-order valence-electron chi connectivity index (χ4n) is 1.36. The summed E-state index contributed by atoms with van der Waals surface area (Å²) in [7, 11) is 0. The molecule has 0 saturated heterocycles. The second-order valence-corrected chi connectivity index (χ2v) is 4.73. The first kappa shape index (κ1) is 14.4. The summed E-state index contributed by atoms with van der Waals surface area (Å²) >= 11 is 1.58. The normalized spacial score (nSPS) is 10.1. The van der Waals surface area contributed by atoms with Crippen molar-refractivity contribution >= 4 is 23.3 Å². The van der Waals surface area contributed by atoms with Gasteiger partial charge in [-0.05, 0) is 13.3 Å². The molecule has 1 rings (SSSR count). The molecule has 0 aliphatic heterocycles. The molecule has 6 nitrogen and oxygen atoms in total. The van der Waals surface area contributed by atoms with Crippen molar-refractivity contribution in [3.63, 3.8) is 0 Å². The van der Waals surface area contributed by atoms with Crippen LogP contribution in [-0.4, -0.2) is 35.2 Å². The number of carboxylic acids is 1. The van der Waals surface area contributed by atoms with Gasteiger partial charge in [0.2, 0.25) is 0 Å². The molecule has 0 spiro atoms. The van der Waals surface area contributed by atoms with Crippen LogP contribution in [0.2, 0.25) is 0 Å². The molecule has 0 aliphatic carbocycles. The number of rotatable bonds is 7. The zero-order valence-corrected chi connectivity index (χ0v) is 11.0. The van der Waals surface area contributed by atoms with E-state index in [9.17, 15) is 9.59 Å². The first-order valence-corrected chi connectivity index (χ1v) is 6.60. The maximum absolute atomic E-state index is 11.3. The van der Waals surface area contributed by atoms with Crippen molar-refractivity contribution in [3.8, 4) is 0 Å². The van der Waals surface area contributed by atoms with E-state index in [1.165, 1.54) is 4.88 Å². The molecule has 0 atom stereocenters. The number of nitrogens with one attached hydrogen (secondary N) is 2. The number of aliphatic carboxylic acids is 1. The van der Waals surface area contributed by atoms with Crippen molar-refractivity contribution in [1.82, 2.24) is 15.6 Å². The number of hydrogen-bond acceptors (Lipinski definition) is 4. The van der Waals surface area contributed by atoms with Gasteiger partial charge in [0.25, 0.3) is 0 Å². The van der Waals surface area contributed by atoms with Gasteiger partial charge in [0.15, 0.2) is 0 Å². The summed E-state index contributed by atoms with van der Waals surface area (Å²) in [5.41, 5.74) is 2.79. The third-order valence-corrected chi connectivity index (χ3v) is 3.33. The molecule has 2 amide bonds. The average molecular weight is 271 g/mol. The number of nitrogens with zero attached hydrogens (tertiary/aromatic N) is 1. The third kappa shape index (κ3) is 5.62. The van der Waals surface area contributed by atoms with Crippen molar-refractivity contribution in [1.29, 1.82) is 0 Å². The van der Waals surface area contributed by atoms with Crippen LogP contribution >= 0.6 is 11.3 Å². The van der Waals surface area contributed by atoms with Crippen molar-refractivity contribution < 1.29 is 14.7 Å². The quantitative estimate of drug-likeness (QED) is 0.649. The summed E-state index contributed by atoms with van der Waals surface area (Å²) < 4.78 is 0. The lowest BCUT2D eigenvalue weighted by Gasteiger charge is -2.06. The Balaban J connectivity index is 2.07. The summed E-state index contributed by atoms with van der Waals surface area (Å²) in [5, 5.41) is 13.7. The summed E-state index contributed by atoms with van der Waals surface area (Å²) in [6.45, 7) is 2.86. The van der Waals surface area contributed by atoms with Crippen molar-refractivity contribution in [3.05, 3.63) is 16.1 Å². The van der Waals surface area contributed by atoms with E-state index in [1.807, 2.05) is 6.92 Å². The highest BCUT2D eigenvalue weighted by atomic mass is 32.1. The van der Waals surface area contributed by atoms with Crippen LogP contribution in [-0.2, 0) is 11.2 Å². The molecule has 100 valence electrons. The summed E-state index contributed by atoms with van der Waals surface area (Å²) in [5.74, 6) is -0.849. The fraction of sp³-hybridized carbons (Fsp3) is 0.545. The summed E-state index contributed by atoms with van der Waals surface area (Å²) in [6, 6.07) is -0.262. The number of thiazole rings is 1. The van der Waals surface area contributed by atoms with Crippen LogP contribution < -0.4 is 10.6 Å². The Bertz CT molecular complexity index is 406. The molecular formula is C11H17N3O3S. The fourth-order valence-corrected chi connectivity index (χ4v) is 2.14. The van der Waals surface area contributed by atoms with Gasteiger partial charge in [-0.1, -0.05) is 0 Å². The van der Waals surface area contributed by atoms with Gasteiger partial charge < -0.3 is 15.7 Å². The third-order valence-electron chi connectivity index (χ3n) is 2.34. The molecule has 0 saturated carbocycles. The first-order valence-electron chi connectivity index (χ1n) is 5.72. The molecule has 18 heavy (non-hydrogen) atoms. The predicted octanol–water partition coefficient (Wildman–Crippen LogP) is 1.16. The van der Waals surface area contributed by atoms with Gasteiger partial charge in [0.1, 0.15) is 0 Å². The van der Waals surface area contributed by atoms with Gasteiger partial charge in [-0.25, -0.2) is 9.78 Å². The maximum Gasteiger partial charge on any atom is 0.314 e. The van der Waals surface area contributed by atoms with Gasteiger partial charge in [-0.2, -0.15) is 0 Å². The molecule has 0 fully saturated rings. The van der Waals surface area contributed by atoms with E-state index in [1.54, 1.807) is 16.8 Å². The molecule has 3 N–H and O–H groups in total. The van der Waals surface area contributed by atoms with E-state index in [2.05, 4.69) is 15.6 Å². The number of urea groups is 1. The van der Waals surface area contributed by atoms with Gasteiger partial charge in [-0.3, -0.25) is 4.79 Å². The largest absolute Gasteiger partial charge is 0.481 e. The number of aryl methyl sites for hydroxylation is 1. The maximum atomic E-state index is 11.3. The molecule has 1 aromatic heterocycles. The number of carboxylic acid groups (broad SMARTS) is 1. The Hall–Kier alpha value is -1.63. The highest BCUT2D eigenvalue weighted by Crippen LogP contribution is 2.11. The van der Waals surface area contributed by atoms with E-state index in [4.69, 9.17) is 5.11 Å². The lowest BCUT2D eigenvalue weighted by atomic mass is 10.3. The number of carbonyl (C=O) groups excluding carboxylic acids is 1. The zero-order chi connectivity index (χ0) is 13.4. The standard InChI is InChI=1S/C11H17N3O3S/c1-8-9(18-7-14-8)4-6-13-11(17)12-5-2-3-10(15)16/h7H,2-6H2,1H3,(H,15,16)(H2,12,13,17). The second-order valence-electron chi connectivity index (χ2n) is 3.79. The molecule has 0 aromatic carbocycles. The van der Waals surface area contributed by atoms with Crippen molar-refractivity contribution in [2.24, 2.45) is 0 Å². The highest BCUT2D eigenvalue weighted by molar-refractivity contribution is 7.09. The summed E-state index contributed by atoms with van der Waals surface area (Å²) in [6.07, 6.45) is 1.27. The Labute approximate surface area is 109 Å². The molecule has 1 heterocycles. The molecular weight excluding hydrogens is 254 g/mol. The molecule has 0 bridgehead atoms. The van der Waals surface area contributed by atoms with E-state index >= 15 is 0 Å². The van der Waals surface area contributed by atoms with E-state index in [0.717, 1.165) is 12.1 Å². The minimum absolute atomic E-state index is 0.0698. The SMILES string of the molecule is Cc1ncsc1CCNC(=O)NCCCC(=O)O. The highest BCUT2D eigenvalue weighted by Gasteiger charge is 2.03. The molecule has 0 radical (unpaired) electrons. The number of aromatic nitrogens is 1. The molecule has 7 heteroatoms. The number of hydrogen-bond donors (Lipinski definition) is 3. The van der Waals surface area contributed by atoms with E-state index < -0.39 is 5.97 Å². The van der Waals surface area contributed by atoms with Crippen LogP contribution in [0.3, 0.4) is 0 Å². The van der Waals surface area contributed by atoms with Crippen LogP contribution in [0.4, 0.5) is 4.79 Å². The van der Waals surface area contributed by atoms with Gasteiger partial charge >= 0.3 is 12.0 Å². The number of carbonyl (C=O) groups is 2. The minimum Gasteiger partial charge on any atom is -0.481 e. The van der Waals surface area contributed by atoms with E-state index in [0.29, 0.717) is 19.5 Å².